The normalized spacial score (nSPS) is 12.7. The Labute approximate surface area is 76.5 Å². The predicted octanol–water partition coefficient (Wildman–Crippen LogP) is 3.75. The Kier molecular flexibility index (Phi) is 4.04. The van der Waals surface area contributed by atoms with Crippen molar-refractivity contribution in [2.24, 2.45) is 0 Å². The molecule has 1 rings (SSSR count). The lowest BCUT2D eigenvalue weighted by atomic mass is 10.2. The molecule has 0 nitrogen and oxygen atoms in total. The molecule has 0 fully saturated rings. The Bertz CT molecular complexity index is 249. The van der Waals surface area contributed by atoms with Gasteiger partial charge in [-0.05, 0) is 18.6 Å². The van der Waals surface area contributed by atoms with E-state index in [1.54, 1.807) is 0 Å². The molecule has 1 atom stereocenters. The third-order valence-electron chi connectivity index (χ3n) is 1.64. The maximum Gasteiger partial charge on any atom is -0.0254 e. The van der Waals surface area contributed by atoms with Gasteiger partial charge in [-0.25, -0.2) is 0 Å². The van der Waals surface area contributed by atoms with Crippen LogP contribution in [0.25, 0.3) is 6.08 Å². The first-order chi connectivity index (χ1) is 5.83. The van der Waals surface area contributed by atoms with Gasteiger partial charge in [0.2, 0.25) is 0 Å². The summed E-state index contributed by atoms with van der Waals surface area (Å²) in [5.74, 6) is 0. The molecule has 0 aliphatic carbocycles. The van der Waals surface area contributed by atoms with E-state index in [1.807, 2.05) is 0 Å². The molecule has 0 heterocycles. The summed E-state index contributed by atoms with van der Waals surface area (Å²) in [4.78, 5) is 0. The van der Waals surface area contributed by atoms with E-state index in [0.29, 0.717) is 0 Å². The van der Waals surface area contributed by atoms with Crippen molar-refractivity contribution in [2.75, 3.05) is 6.16 Å². The van der Waals surface area contributed by atoms with E-state index in [4.69, 9.17) is 0 Å². The van der Waals surface area contributed by atoms with Crippen LogP contribution in [0.4, 0.5) is 0 Å². The Morgan fingerprint density at radius 2 is 2.00 bits per heavy atom. The maximum absolute atomic E-state index is 2.27. The van der Waals surface area contributed by atoms with Gasteiger partial charge in [-0.1, -0.05) is 57.2 Å². The molecule has 0 bridgehead atoms. The molecule has 1 aromatic carbocycles. The van der Waals surface area contributed by atoms with Crippen LogP contribution in [-0.2, 0) is 0 Å². The van der Waals surface area contributed by atoms with Crippen LogP contribution in [-0.4, -0.2) is 6.16 Å². The highest BCUT2D eigenvalue weighted by Crippen LogP contribution is 2.23. The number of allylic oxidation sites excluding steroid dienone is 1. The monoisotopic (exact) mass is 178 g/mol. The molecule has 0 aliphatic rings. The van der Waals surface area contributed by atoms with Crippen LogP contribution in [0.15, 0.2) is 35.6 Å². The van der Waals surface area contributed by atoms with Gasteiger partial charge in [0.05, 0.1) is 0 Å². The molecule has 64 valence electrons. The topological polar surface area (TPSA) is 0 Å². The lowest BCUT2D eigenvalue weighted by Gasteiger charge is -1.97. The average molecular weight is 178 g/mol. The molecular weight excluding hydrogens is 163 g/mol. The second-order valence-corrected chi connectivity index (χ2v) is 4.62. The second kappa shape index (κ2) is 5.11. The van der Waals surface area contributed by atoms with Gasteiger partial charge in [0.1, 0.15) is 0 Å². The van der Waals surface area contributed by atoms with E-state index < -0.39 is 0 Å². The zero-order valence-corrected chi connectivity index (χ0v) is 8.67. The molecule has 0 spiro atoms. The zero-order chi connectivity index (χ0) is 8.81. The third kappa shape index (κ3) is 3.19. The van der Waals surface area contributed by atoms with Crippen LogP contribution >= 0.6 is 8.58 Å². The summed E-state index contributed by atoms with van der Waals surface area (Å²) in [7, 11) is 0.975. The van der Waals surface area contributed by atoms with E-state index in [-0.39, 0.29) is 0 Å². The minimum Gasteiger partial charge on any atom is -0.0954 e. The predicted molar refractivity (Wildman–Crippen MR) is 58.9 cm³/mol. The molecule has 1 heteroatoms. The van der Waals surface area contributed by atoms with Crippen LogP contribution in [0.1, 0.15) is 19.4 Å². The second-order valence-electron chi connectivity index (χ2n) is 2.77. The zero-order valence-electron chi connectivity index (χ0n) is 7.67. The third-order valence-corrected chi connectivity index (χ3v) is 2.69. The quantitative estimate of drug-likeness (QED) is 0.618. The largest absolute Gasteiger partial charge is 0.0954 e. The standard InChI is InChI=1S/C11H15P/c1-3-12-10(2)9-11-7-5-4-6-8-11/h4-9,12H,3H2,1-2H3. The molecule has 1 unspecified atom stereocenters. The number of rotatable bonds is 3. The van der Waals surface area contributed by atoms with Crippen molar-refractivity contribution in [2.45, 2.75) is 13.8 Å². The fourth-order valence-electron chi connectivity index (χ4n) is 1.13. The molecule has 0 radical (unpaired) electrons. The SMILES string of the molecule is CCPC(C)=Cc1ccccc1. The van der Waals surface area contributed by atoms with Crippen molar-refractivity contribution in [1.29, 1.82) is 0 Å². The van der Waals surface area contributed by atoms with Gasteiger partial charge in [-0.15, -0.1) is 0 Å². The molecule has 0 N–H and O–H groups in total. The lowest BCUT2D eigenvalue weighted by molar-refractivity contribution is 1.50. The van der Waals surface area contributed by atoms with Crippen molar-refractivity contribution in [3.05, 3.63) is 41.2 Å². The number of hydrogen-bond acceptors (Lipinski definition) is 0. The summed E-state index contributed by atoms with van der Waals surface area (Å²) >= 11 is 0. The van der Waals surface area contributed by atoms with Gasteiger partial charge in [0, 0.05) is 0 Å². The summed E-state index contributed by atoms with van der Waals surface area (Å²) in [6.45, 7) is 4.43. The highest BCUT2D eigenvalue weighted by Gasteiger charge is 1.88. The van der Waals surface area contributed by atoms with Crippen molar-refractivity contribution < 1.29 is 0 Å². The van der Waals surface area contributed by atoms with Gasteiger partial charge in [0.15, 0.2) is 0 Å². The Morgan fingerprint density at radius 3 is 2.58 bits per heavy atom. The summed E-state index contributed by atoms with van der Waals surface area (Å²) < 4.78 is 0. The van der Waals surface area contributed by atoms with Crippen LogP contribution in [0.5, 0.6) is 0 Å². The molecule has 0 aromatic heterocycles. The van der Waals surface area contributed by atoms with Crippen LogP contribution < -0.4 is 0 Å². The minimum atomic E-state index is 0.975. The number of benzene rings is 1. The maximum atomic E-state index is 2.27. The first-order valence-electron chi connectivity index (χ1n) is 4.30. The van der Waals surface area contributed by atoms with Crippen molar-refractivity contribution in [3.8, 4) is 0 Å². The van der Waals surface area contributed by atoms with Crippen LogP contribution in [0.2, 0.25) is 0 Å². The van der Waals surface area contributed by atoms with Crippen LogP contribution in [0.3, 0.4) is 0 Å². The van der Waals surface area contributed by atoms with Gasteiger partial charge in [-0.3, -0.25) is 0 Å². The fourth-order valence-corrected chi connectivity index (χ4v) is 1.96. The summed E-state index contributed by atoms with van der Waals surface area (Å²) in [5.41, 5.74) is 1.32. The highest BCUT2D eigenvalue weighted by molar-refractivity contribution is 7.43. The first kappa shape index (κ1) is 9.48. The highest BCUT2D eigenvalue weighted by atomic mass is 31.1. The van der Waals surface area contributed by atoms with Gasteiger partial charge in [-0.2, -0.15) is 0 Å². The van der Waals surface area contributed by atoms with E-state index in [1.165, 1.54) is 17.0 Å². The Morgan fingerprint density at radius 1 is 1.33 bits per heavy atom. The van der Waals surface area contributed by atoms with Crippen molar-refractivity contribution in [3.63, 3.8) is 0 Å². The van der Waals surface area contributed by atoms with Crippen molar-refractivity contribution in [1.82, 2.24) is 0 Å². The molecule has 12 heavy (non-hydrogen) atoms. The molecule has 0 saturated carbocycles. The van der Waals surface area contributed by atoms with E-state index in [9.17, 15) is 0 Å². The summed E-state index contributed by atoms with van der Waals surface area (Å²) in [6.07, 6.45) is 3.52. The first-order valence-corrected chi connectivity index (χ1v) is 5.51. The van der Waals surface area contributed by atoms with Gasteiger partial charge >= 0.3 is 0 Å². The smallest absolute Gasteiger partial charge is 0.0254 e. The Hall–Kier alpha value is -0.610. The van der Waals surface area contributed by atoms with E-state index >= 15 is 0 Å². The fraction of sp³-hybridized carbons (Fsp3) is 0.273. The minimum absolute atomic E-state index is 0.975. The lowest BCUT2D eigenvalue weighted by Crippen LogP contribution is -1.71. The Balaban J connectivity index is 2.67. The van der Waals surface area contributed by atoms with E-state index in [2.05, 4.69) is 50.3 Å². The summed E-state index contributed by atoms with van der Waals surface area (Å²) in [6, 6.07) is 10.5. The van der Waals surface area contributed by atoms with E-state index in [0.717, 1.165) is 8.58 Å². The van der Waals surface area contributed by atoms with Gasteiger partial charge < -0.3 is 0 Å². The molecular formula is C11H15P. The average Bonchev–Trinajstić information content (AvgIpc) is 2.06. The molecule has 0 aliphatic heterocycles. The van der Waals surface area contributed by atoms with Crippen molar-refractivity contribution >= 4 is 14.7 Å². The molecule has 0 amide bonds. The van der Waals surface area contributed by atoms with Gasteiger partial charge in [0.25, 0.3) is 0 Å². The molecule has 1 aromatic rings. The van der Waals surface area contributed by atoms with Crippen LogP contribution in [0, 0.1) is 0 Å². The molecule has 0 saturated heterocycles. The number of hydrogen-bond donors (Lipinski definition) is 0. The summed E-state index contributed by atoms with van der Waals surface area (Å²) in [5, 5.41) is 1.49.